The minimum absolute atomic E-state index is 0.00459. The molecule has 0 aromatic carbocycles. The van der Waals surface area contributed by atoms with Crippen LogP contribution in [0.25, 0.3) is 0 Å². The Morgan fingerprint density at radius 1 is 1.08 bits per heavy atom. The van der Waals surface area contributed by atoms with E-state index < -0.39 is 72.3 Å². The molecule has 0 amide bonds. The zero-order chi connectivity index (χ0) is 43.0. The number of allylic oxidation sites excluding steroid dienone is 2. The van der Waals surface area contributed by atoms with Crippen molar-refractivity contribution in [3.05, 3.63) is 47.1 Å². The van der Waals surface area contributed by atoms with Gasteiger partial charge in [0.2, 0.25) is 0 Å². The van der Waals surface area contributed by atoms with Gasteiger partial charge in [-0.1, -0.05) is 85.3 Å². The summed E-state index contributed by atoms with van der Waals surface area (Å²) < 4.78 is 51.4. The van der Waals surface area contributed by atoms with Crippen LogP contribution in [0.4, 0.5) is 0 Å². The summed E-state index contributed by atoms with van der Waals surface area (Å²) in [6.07, 6.45) is 8.37. The van der Waals surface area contributed by atoms with Crippen LogP contribution in [-0.2, 0) is 47.5 Å². The number of hydrogen-bond acceptors (Lipinski definition) is 12. The van der Waals surface area contributed by atoms with E-state index in [2.05, 4.69) is 33.8 Å². The summed E-state index contributed by atoms with van der Waals surface area (Å²) in [7, 11) is 1.61. The van der Waals surface area contributed by atoms with Gasteiger partial charge in [-0.25, -0.2) is 0 Å². The highest BCUT2D eigenvalue weighted by Crippen LogP contribution is 2.48. The molecule has 0 aromatic rings. The smallest absolute Gasteiger partial charge is 0.316 e. The van der Waals surface area contributed by atoms with E-state index in [0.717, 1.165) is 18.4 Å². The van der Waals surface area contributed by atoms with Gasteiger partial charge in [0.15, 0.2) is 18.2 Å². The molecule has 332 valence electrons. The van der Waals surface area contributed by atoms with E-state index in [0.29, 0.717) is 55.1 Å². The van der Waals surface area contributed by atoms with Gasteiger partial charge in [0, 0.05) is 38.7 Å². The highest BCUT2D eigenvalue weighted by atomic mass is 16.7. The van der Waals surface area contributed by atoms with E-state index in [9.17, 15) is 19.8 Å². The summed E-state index contributed by atoms with van der Waals surface area (Å²) in [6, 6.07) is 0. The van der Waals surface area contributed by atoms with Crippen molar-refractivity contribution < 1.29 is 57.7 Å². The van der Waals surface area contributed by atoms with Crippen molar-refractivity contribution in [3.63, 3.8) is 0 Å². The van der Waals surface area contributed by atoms with Crippen LogP contribution in [-0.4, -0.2) is 108 Å². The van der Waals surface area contributed by atoms with Crippen molar-refractivity contribution in [3.8, 4) is 0 Å². The molecule has 1 spiro atoms. The number of ether oxygens (including phenoxy) is 8. The van der Waals surface area contributed by atoms with Crippen molar-refractivity contribution in [2.75, 3.05) is 13.7 Å². The number of fused-ring (bicyclic) bond motifs is 2. The molecule has 6 aliphatic rings. The lowest BCUT2D eigenvalue weighted by Crippen LogP contribution is -2.58. The molecule has 0 saturated carbocycles. The third-order valence-electron chi connectivity index (χ3n) is 13.6. The number of aliphatic hydroxyl groups excluding tert-OH is 1. The summed E-state index contributed by atoms with van der Waals surface area (Å²) in [5.74, 6) is -2.38. The normalized spacial score (nSPS) is 44.9. The molecule has 2 bridgehead atoms. The summed E-state index contributed by atoms with van der Waals surface area (Å²) >= 11 is 0. The largest absolute Gasteiger partial charge is 0.462 e. The fourth-order valence-corrected chi connectivity index (χ4v) is 10.1. The van der Waals surface area contributed by atoms with Crippen LogP contribution >= 0.6 is 0 Å². The summed E-state index contributed by atoms with van der Waals surface area (Å²) in [4.78, 5) is 27.2. The Balaban J connectivity index is 1.33. The minimum atomic E-state index is -1.82. The molecule has 12 nitrogen and oxygen atoms in total. The average molecular weight is 829 g/mol. The van der Waals surface area contributed by atoms with E-state index in [1.165, 1.54) is 0 Å². The first-order valence-corrected chi connectivity index (χ1v) is 22.1. The van der Waals surface area contributed by atoms with Crippen molar-refractivity contribution in [2.24, 2.45) is 29.1 Å². The highest BCUT2D eigenvalue weighted by Gasteiger charge is 2.60. The molecule has 5 aliphatic heterocycles. The van der Waals surface area contributed by atoms with Gasteiger partial charge in [-0.2, -0.15) is 0 Å². The topological polar surface area (TPSA) is 148 Å². The standard InChI is InChI=1S/C47H72O12/c1-12-26(2)41-29(5)18-19-46(59-41)23-34-21-33(58-46)17-16-28(4)40(57-38-22-36(52-11)42(31(7)54-38)56-37(48)24-45(8,9)10)27(3)14-13-15-32-25-53-43-39(49)30(6)20-35(44(50)55-34)47(32,43)51/h13-16,20,26-27,29,31,33-36,38-43,49,51H,12,17-19,21-25H2,1-11H3/b14-13+,28-16+,32-15+/t26?,27-,29-,31-,33+,34-,35-,36-,38-,39+,40-,41+,42-,43+,46+,47+/m0/s1. The molecule has 4 saturated heterocycles. The first-order chi connectivity index (χ1) is 27.8. The van der Waals surface area contributed by atoms with Gasteiger partial charge >= 0.3 is 11.9 Å². The molecular weight excluding hydrogens is 757 g/mol. The maximum atomic E-state index is 14.3. The molecule has 0 aromatic heterocycles. The first-order valence-electron chi connectivity index (χ1n) is 22.1. The van der Waals surface area contributed by atoms with E-state index in [1.54, 1.807) is 26.2 Å². The molecular formula is C47H72O12. The second kappa shape index (κ2) is 18.5. The van der Waals surface area contributed by atoms with Crippen molar-refractivity contribution in [1.82, 2.24) is 0 Å². The lowest BCUT2D eigenvalue weighted by atomic mass is 9.71. The van der Waals surface area contributed by atoms with Crippen molar-refractivity contribution in [1.29, 1.82) is 0 Å². The third kappa shape index (κ3) is 10.1. The van der Waals surface area contributed by atoms with E-state index in [4.69, 9.17) is 37.9 Å². The SMILES string of the molecule is CCC(C)[C@H]1O[C@]2(CC[C@@H]1C)C[C@@H]1C[C@@H](C/C=C(\C)[C@@H](O[C@H]3C[C@H](OC)[C@@H](OC(=O)CC(C)(C)C)[C@H](C)O3)[C@@H](C)/C=C/C=C3\CO[C@@H]4[C@H](O)C(C)=C[C@@H](C(=O)O1)[C@]34O)O2. The van der Waals surface area contributed by atoms with Gasteiger partial charge in [-0.15, -0.1) is 0 Å². The van der Waals surface area contributed by atoms with Crippen LogP contribution in [0.3, 0.4) is 0 Å². The third-order valence-corrected chi connectivity index (χ3v) is 13.6. The fourth-order valence-electron chi connectivity index (χ4n) is 10.1. The van der Waals surface area contributed by atoms with Gasteiger partial charge in [-0.3, -0.25) is 9.59 Å². The minimum Gasteiger partial charge on any atom is -0.462 e. The molecule has 1 aliphatic carbocycles. The number of rotatable bonds is 7. The van der Waals surface area contributed by atoms with Gasteiger partial charge in [0.1, 0.15) is 35.9 Å². The first kappa shape index (κ1) is 46.1. The molecule has 4 fully saturated rings. The maximum absolute atomic E-state index is 14.3. The molecule has 5 heterocycles. The number of carbonyl (C=O) groups excluding carboxylic acids is 2. The number of esters is 2. The van der Waals surface area contributed by atoms with Gasteiger partial charge in [0.05, 0.1) is 37.4 Å². The summed E-state index contributed by atoms with van der Waals surface area (Å²) in [6.45, 7) is 20.4. The number of methoxy groups -OCH3 is 1. The van der Waals surface area contributed by atoms with Crippen LogP contribution in [0.2, 0.25) is 0 Å². The predicted octanol–water partition coefficient (Wildman–Crippen LogP) is 7.05. The maximum Gasteiger partial charge on any atom is 0.316 e. The molecule has 12 heteroatoms. The number of aliphatic hydroxyl groups is 2. The fraction of sp³-hybridized carbons (Fsp3) is 0.787. The Kier molecular flexibility index (Phi) is 14.5. The molecule has 6 rings (SSSR count). The molecule has 2 N–H and O–H groups in total. The van der Waals surface area contributed by atoms with E-state index in [-0.39, 0.29) is 42.5 Å². The summed E-state index contributed by atoms with van der Waals surface area (Å²) in [5, 5.41) is 23.7. The Morgan fingerprint density at radius 3 is 2.53 bits per heavy atom. The zero-order valence-corrected chi connectivity index (χ0v) is 37.3. The Morgan fingerprint density at radius 2 is 1.83 bits per heavy atom. The highest BCUT2D eigenvalue weighted by molar-refractivity contribution is 5.78. The van der Waals surface area contributed by atoms with Gasteiger partial charge in [-0.05, 0) is 67.6 Å². The lowest BCUT2D eigenvalue weighted by Gasteiger charge is -2.51. The van der Waals surface area contributed by atoms with Crippen molar-refractivity contribution >= 4 is 11.9 Å². The lowest BCUT2D eigenvalue weighted by molar-refractivity contribution is -0.340. The zero-order valence-electron chi connectivity index (χ0n) is 37.3. The van der Waals surface area contributed by atoms with Crippen LogP contribution in [0.5, 0.6) is 0 Å². The van der Waals surface area contributed by atoms with Crippen LogP contribution in [0.1, 0.15) is 121 Å². The monoisotopic (exact) mass is 829 g/mol. The Labute approximate surface area is 352 Å². The Bertz CT molecular complexity index is 1620. The molecule has 1 unspecified atom stereocenters. The molecule has 59 heavy (non-hydrogen) atoms. The van der Waals surface area contributed by atoms with Crippen LogP contribution < -0.4 is 0 Å². The number of hydrogen-bond donors (Lipinski definition) is 2. The predicted molar refractivity (Wildman–Crippen MR) is 221 cm³/mol. The summed E-state index contributed by atoms with van der Waals surface area (Å²) in [5.41, 5.74) is -0.0362. The van der Waals surface area contributed by atoms with Crippen molar-refractivity contribution in [2.45, 2.75) is 193 Å². The van der Waals surface area contributed by atoms with E-state index in [1.807, 2.05) is 46.8 Å². The number of carbonyl (C=O) groups is 2. The van der Waals surface area contributed by atoms with E-state index >= 15 is 0 Å². The van der Waals surface area contributed by atoms with Crippen LogP contribution in [0, 0.1) is 29.1 Å². The van der Waals surface area contributed by atoms with Crippen LogP contribution in [0.15, 0.2) is 47.1 Å². The average Bonchev–Trinajstić information content (AvgIpc) is 3.51. The van der Waals surface area contributed by atoms with Gasteiger partial charge < -0.3 is 48.1 Å². The van der Waals surface area contributed by atoms with Gasteiger partial charge in [0.25, 0.3) is 0 Å². The second-order valence-electron chi connectivity index (χ2n) is 19.7. The molecule has 16 atom stereocenters. The molecule has 0 radical (unpaired) electrons. The second-order valence-corrected chi connectivity index (χ2v) is 19.7. The Hall–Kier alpha value is -2.42. The quantitative estimate of drug-likeness (QED) is 0.200.